The lowest BCUT2D eigenvalue weighted by Gasteiger charge is -2.38. The van der Waals surface area contributed by atoms with Crippen LogP contribution in [0.3, 0.4) is 0 Å². The molecule has 2 fully saturated rings. The number of hydrogen-bond acceptors (Lipinski definition) is 6. The molecule has 1 saturated heterocycles. The monoisotopic (exact) mass is 452 g/mol. The highest BCUT2D eigenvalue weighted by Crippen LogP contribution is 2.47. The Balaban J connectivity index is 1.33. The zero-order valence-electron chi connectivity index (χ0n) is 20.4. The van der Waals surface area contributed by atoms with Gasteiger partial charge in [0.25, 0.3) is 0 Å². The topological polar surface area (TPSA) is 76.6 Å². The summed E-state index contributed by atoms with van der Waals surface area (Å²) in [5.41, 5.74) is 2.78. The molecule has 0 radical (unpaired) electrons. The number of anilines is 1. The van der Waals surface area contributed by atoms with Gasteiger partial charge in [0.2, 0.25) is 0 Å². The van der Waals surface area contributed by atoms with Crippen LogP contribution >= 0.6 is 0 Å². The van der Waals surface area contributed by atoms with E-state index in [-0.39, 0.29) is 12.2 Å². The van der Waals surface area contributed by atoms with Gasteiger partial charge in [-0.1, -0.05) is 6.07 Å². The number of alkyl carbamates (subject to hydrolysis) is 1. The van der Waals surface area contributed by atoms with Gasteiger partial charge >= 0.3 is 6.09 Å². The van der Waals surface area contributed by atoms with Crippen LogP contribution in [0.25, 0.3) is 0 Å². The van der Waals surface area contributed by atoms with Gasteiger partial charge in [0.1, 0.15) is 11.4 Å². The Hall–Kier alpha value is -2.67. The highest BCUT2D eigenvalue weighted by atomic mass is 16.6. The molecule has 2 aromatic heterocycles. The highest BCUT2D eigenvalue weighted by Gasteiger charge is 2.33. The van der Waals surface area contributed by atoms with Gasteiger partial charge in [-0.2, -0.15) is 0 Å². The van der Waals surface area contributed by atoms with Crippen LogP contribution in [-0.2, 0) is 16.0 Å². The van der Waals surface area contributed by atoms with Crippen molar-refractivity contribution >= 4 is 11.9 Å². The number of carbonyl (C=O) groups excluding carboxylic acids is 1. The molecule has 1 N–H and O–H groups in total. The largest absolute Gasteiger partial charge is 0.444 e. The number of carbonyl (C=O) groups is 1. The van der Waals surface area contributed by atoms with Gasteiger partial charge < -0.3 is 19.7 Å². The summed E-state index contributed by atoms with van der Waals surface area (Å²) < 4.78 is 11.2. The second-order valence-electron chi connectivity index (χ2n) is 10.4. The van der Waals surface area contributed by atoms with Crippen LogP contribution in [0.2, 0.25) is 0 Å². The molecule has 7 heteroatoms. The van der Waals surface area contributed by atoms with E-state index in [1.807, 2.05) is 27.0 Å². The van der Waals surface area contributed by atoms with Gasteiger partial charge in [-0.15, -0.1) is 0 Å². The molecule has 2 atom stereocenters. The van der Waals surface area contributed by atoms with Gasteiger partial charge in [0.05, 0.1) is 24.4 Å². The molecule has 1 aliphatic heterocycles. The first-order valence-electron chi connectivity index (χ1n) is 12.0. The molecule has 0 aromatic carbocycles. The first-order chi connectivity index (χ1) is 15.7. The van der Waals surface area contributed by atoms with Crippen molar-refractivity contribution in [3.05, 3.63) is 53.5 Å². The van der Waals surface area contributed by atoms with E-state index < -0.39 is 11.7 Å². The Morgan fingerprint density at radius 1 is 1.15 bits per heavy atom. The summed E-state index contributed by atoms with van der Waals surface area (Å²) in [5, 5.41) is 2.79. The zero-order valence-corrected chi connectivity index (χ0v) is 20.4. The van der Waals surface area contributed by atoms with Crippen molar-refractivity contribution in [1.29, 1.82) is 0 Å². The number of rotatable bonds is 5. The van der Waals surface area contributed by atoms with Crippen LogP contribution in [0.5, 0.6) is 0 Å². The number of hydrogen-bond donors (Lipinski definition) is 1. The summed E-state index contributed by atoms with van der Waals surface area (Å²) >= 11 is 0. The standard InChI is InChI=1S/C26H36N4O3/c1-17-15-30(16-18(2)32-17)24-8-6-7-23(29-24)21-11-20(12-21)19-9-10-27-22(13-19)14-28-25(31)33-26(3,4)5/h6-10,13,17-18,20-21H,11-12,14-16H2,1-5H3,(H,28,31)/t17-,18?,20?,21?/m1/s1. The van der Waals surface area contributed by atoms with Crippen molar-refractivity contribution in [3.8, 4) is 0 Å². The van der Waals surface area contributed by atoms with Crippen molar-refractivity contribution in [2.45, 2.75) is 83.6 Å². The van der Waals surface area contributed by atoms with Crippen molar-refractivity contribution in [2.24, 2.45) is 0 Å². The van der Waals surface area contributed by atoms with Crippen molar-refractivity contribution in [3.63, 3.8) is 0 Å². The third kappa shape index (κ3) is 6.22. The third-order valence-electron chi connectivity index (χ3n) is 6.18. The fraction of sp³-hybridized carbons (Fsp3) is 0.577. The minimum Gasteiger partial charge on any atom is -0.444 e. The Labute approximate surface area is 196 Å². The predicted molar refractivity (Wildman–Crippen MR) is 128 cm³/mol. The van der Waals surface area contributed by atoms with E-state index in [1.54, 1.807) is 0 Å². The summed E-state index contributed by atoms with van der Waals surface area (Å²) in [7, 11) is 0. The van der Waals surface area contributed by atoms with Crippen molar-refractivity contribution < 1.29 is 14.3 Å². The van der Waals surface area contributed by atoms with Crippen molar-refractivity contribution in [2.75, 3.05) is 18.0 Å². The maximum atomic E-state index is 11.9. The van der Waals surface area contributed by atoms with Crippen LogP contribution in [0.1, 0.15) is 76.2 Å². The second kappa shape index (κ2) is 9.67. The number of amides is 1. The first kappa shape index (κ1) is 23.5. The van der Waals surface area contributed by atoms with Crippen LogP contribution in [0.4, 0.5) is 10.6 Å². The molecule has 178 valence electrons. The predicted octanol–water partition coefficient (Wildman–Crippen LogP) is 4.78. The molecule has 1 aliphatic carbocycles. The maximum Gasteiger partial charge on any atom is 0.407 e. The Morgan fingerprint density at radius 3 is 2.58 bits per heavy atom. The van der Waals surface area contributed by atoms with E-state index in [2.05, 4.69) is 59.4 Å². The average molecular weight is 453 g/mol. The van der Waals surface area contributed by atoms with Gasteiger partial charge in [-0.3, -0.25) is 4.98 Å². The molecular weight excluding hydrogens is 416 g/mol. The summed E-state index contributed by atoms with van der Waals surface area (Å²) in [6, 6.07) is 10.6. The van der Waals surface area contributed by atoms with E-state index in [1.165, 1.54) is 11.3 Å². The third-order valence-corrected chi connectivity index (χ3v) is 6.18. The molecule has 4 rings (SSSR count). The number of morpholine rings is 1. The summed E-state index contributed by atoms with van der Waals surface area (Å²) in [4.78, 5) is 23.7. The van der Waals surface area contributed by atoms with Crippen LogP contribution in [0.15, 0.2) is 36.5 Å². The summed E-state index contributed by atoms with van der Waals surface area (Å²) in [6.07, 6.45) is 4.00. The molecule has 33 heavy (non-hydrogen) atoms. The minimum absolute atomic E-state index is 0.220. The quantitative estimate of drug-likeness (QED) is 0.704. The Morgan fingerprint density at radius 2 is 1.88 bits per heavy atom. The van der Waals surface area contributed by atoms with E-state index in [0.29, 0.717) is 18.4 Å². The maximum absolute atomic E-state index is 11.9. The minimum atomic E-state index is -0.510. The molecule has 1 unspecified atom stereocenters. The fourth-order valence-electron chi connectivity index (χ4n) is 4.66. The fourth-order valence-corrected chi connectivity index (χ4v) is 4.66. The molecule has 0 spiro atoms. The SMILES string of the molecule is CC1CN(c2cccc(C3CC(c4ccnc(CNC(=O)OC(C)(C)C)c4)C3)n2)C[C@@H](C)O1. The van der Waals surface area contributed by atoms with Crippen LogP contribution in [-0.4, -0.2) is 47.0 Å². The lowest BCUT2D eigenvalue weighted by Crippen LogP contribution is -2.45. The van der Waals surface area contributed by atoms with E-state index in [4.69, 9.17) is 14.5 Å². The smallest absolute Gasteiger partial charge is 0.407 e. The highest BCUT2D eigenvalue weighted by molar-refractivity contribution is 5.67. The average Bonchev–Trinajstić information content (AvgIpc) is 2.70. The normalized spacial score (nSPS) is 25.3. The molecule has 3 heterocycles. The lowest BCUT2D eigenvalue weighted by molar-refractivity contribution is -0.00548. The van der Waals surface area contributed by atoms with Gasteiger partial charge in [-0.25, -0.2) is 9.78 Å². The van der Waals surface area contributed by atoms with E-state index >= 15 is 0 Å². The molecular formula is C26H36N4O3. The van der Waals surface area contributed by atoms with Gasteiger partial charge in [0.15, 0.2) is 0 Å². The molecule has 1 saturated carbocycles. The number of nitrogens with one attached hydrogen (secondary N) is 1. The van der Waals surface area contributed by atoms with Crippen molar-refractivity contribution in [1.82, 2.24) is 15.3 Å². The number of ether oxygens (including phenoxy) is 2. The molecule has 2 aliphatic rings. The molecule has 2 aromatic rings. The molecule has 0 bridgehead atoms. The van der Waals surface area contributed by atoms with E-state index in [0.717, 1.165) is 37.4 Å². The Kier molecular flexibility index (Phi) is 6.88. The number of aromatic nitrogens is 2. The second-order valence-corrected chi connectivity index (χ2v) is 10.4. The van der Waals surface area contributed by atoms with E-state index in [9.17, 15) is 4.79 Å². The van der Waals surface area contributed by atoms with Gasteiger partial charge in [-0.05, 0) is 83.2 Å². The summed E-state index contributed by atoms with van der Waals surface area (Å²) in [5.74, 6) is 2.02. The Bertz CT molecular complexity index is 958. The van der Waals surface area contributed by atoms with Crippen LogP contribution in [0, 0.1) is 0 Å². The molecule has 7 nitrogen and oxygen atoms in total. The zero-order chi connectivity index (χ0) is 23.6. The molecule has 1 amide bonds. The lowest BCUT2D eigenvalue weighted by atomic mass is 9.70. The number of nitrogens with zero attached hydrogens (tertiary/aromatic N) is 3. The summed E-state index contributed by atoms with van der Waals surface area (Å²) in [6.45, 7) is 11.9. The number of pyridine rings is 2. The van der Waals surface area contributed by atoms with Gasteiger partial charge in [0, 0.05) is 30.9 Å². The first-order valence-corrected chi connectivity index (χ1v) is 12.0. The van der Waals surface area contributed by atoms with Crippen LogP contribution < -0.4 is 10.2 Å².